The molecule has 4 fully saturated rings. The summed E-state index contributed by atoms with van der Waals surface area (Å²) >= 11 is 0. The summed E-state index contributed by atoms with van der Waals surface area (Å²) in [6.07, 6.45) is -0.00255. The van der Waals surface area contributed by atoms with Crippen molar-refractivity contribution >= 4 is 44.7 Å². The predicted molar refractivity (Wildman–Crippen MR) is 203 cm³/mol. The number of fused-ring (bicyclic) bond motifs is 5. The van der Waals surface area contributed by atoms with Crippen LogP contribution in [0.2, 0.25) is 0 Å². The molecule has 2 aromatic rings. The van der Waals surface area contributed by atoms with E-state index in [4.69, 9.17) is 14.2 Å². The number of halogens is 3. The van der Waals surface area contributed by atoms with Crippen molar-refractivity contribution < 1.29 is 60.1 Å². The molecule has 15 nitrogen and oxygen atoms in total. The SMILES string of the molecule is COc1ccc2nc(C(F)(F)F)c3c(c2c1)[C@](C)(O)C[C@]1(C[C@H]2C(=O)N[C@]4(C(=O)N5C6(CC6)S5(=O)=O)C[C@H]4/C=C\CCCCC[C@H](NC(=O)OC(C)(C)C)C(=O)N2C1)O3. The van der Waals surface area contributed by atoms with Crippen molar-refractivity contribution in [1.82, 2.24) is 24.8 Å². The summed E-state index contributed by atoms with van der Waals surface area (Å²) in [6, 6.07) is 1.46. The number of allylic oxidation sites excluding steroid dienone is 1. The van der Waals surface area contributed by atoms with E-state index in [2.05, 4.69) is 15.6 Å². The number of alkyl halides is 3. The van der Waals surface area contributed by atoms with E-state index in [1.54, 1.807) is 26.8 Å². The van der Waals surface area contributed by atoms with Gasteiger partial charge in [0.05, 0.1) is 24.8 Å². The molecule has 4 amide bonds. The number of hydrogen-bond acceptors (Lipinski definition) is 11. The molecule has 8 rings (SSSR count). The van der Waals surface area contributed by atoms with E-state index in [9.17, 15) is 45.9 Å². The number of carbonyl (C=O) groups excluding carboxylic acids is 4. The van der Waals surface area contributed by atoms with E-state index >= 15 is 0 Å². The Kier molecular flexibility index (Phi) is 9.35. The zero-order valence-electron chi connectivity index (χ0n) is 33.4. The quantitative estimate of drug-likeness (QED) is 0.290. The van der Waals surface area contributed by atoms with Crippen molar-refractivity contribution in [2.45, 2.75) is 137 Å². The lowest BCUT2D eigenvalue weighted by molar-refractivity contribution is -0.147. The number of aromatic nitrogens is 1. The van der Waals surface area contributed by atoms with Gasteiger partial charge in [-0.25, -0.2) is 22.5 Å². The molecule has 3 N–H and O–H groups in total. The lowest BCUT2D eigenvalue weighted by Gasteiger charge is -2.44. The number of methoxy groups -OCH3 is 1. The highest BCUT2D eigenvalue weighted by atomic mass is 32.2. The summed E-state index contributed by atoms with van der Waals surface area (Å²) in [5.41, 5.74) is -8.17. The number of aliphatic hydroxyl groups is 1. The number of nitrogens with one attached hydrogen (secondary N) is 2. The highest BCUT2D eigenvalue weighted by molar-refractivity contribution is 7.98. The fraction of sp³-hybridized carbons (Fsp3) is 0.625. The number of ether oxygens (including phenoxy) is 3. The third-order valence-corrected chi connectivity index (χ3v) is 14.7. The van der Waals surface area contributed by atoms with E-state index in [0.29, 0.717) is 25.7 Å². The molecule has 2 saturated heterocycles. The normalized spacial score (nSPS) is 32.7. The number of amides is 4. The summed E-state index contributed by atoms with van der Waals surface area (Å²) in [6.45, 7) is 5.76. The second-order valence-corrected chi connectivity index (χ2v) is 20.1. The van der Waals surface area contributed by atoms with Crippen LogP contribution in [0.1, 0.15) is 103 Å². The minimum absolute atomic E-state index is 0.0780. The summed E-state index contributed by atoms with van der Waals surface area (Å²) in [4.78, 5) is 60.6. The second-order valence-electron chi connectivity index (χ2n) is 18.0. The van der Waals surface area contributed by atoms with Gasteiger partial charge in [-0.1, -0.05) is 25.0 Å². The van der Waals surface area contributed by atoms with Crippen LogP contribution in [0.3, 0.4) is 0 Å². The standard InChI is InChI=1S/C40H48F3N5O10S/c1-35(2,3)58-34(52)45-26-12-10-8-6-7-9-11-22-18-39(22,33(51)48-38(15-16-38)59(48,54)55)46-31(49)27-19-37(21-47(27)32(26)50)20-36(4,53)28-24-17-23(56-5)13-14-25(24)44-30(29(28)57-37)40(41,42)43/h9,11,13-14,17,22,26-27,53H,6-8,10,12,15-16,18-21H2,1-5H3,(H,45,52)(H,46,49)/b11-9-/t22-,26+,27+,36-,37+,39-,48?/m1/s1. The topological polar surface area (TPSA) is 194 Å². The number of nitrogens with zero attached hydrogens (tertiary/aromatic N) is 3. The first kappa shape index (κ1) is 41.1. The number of sulfonamides is 1. The van der Waals surface area contributed by atoms with Gasteiger partial charge in [-0.3, -0.25) is 14.4 Å². The Bertz CT molecular complexity index is 2290. The lowest BCUT2D eigenvalue weighted by Crippen LogP contribution is -2.57. The summed E-state index contributed by atoms with van der Waals surface area (Å²) in [5, 5.41) is 17.8. The van der Waals surface area contributed by atoms with Gasteiger partial charge in [0.1, 0.15) is 34.6 Å². The number of rotatable bonds is 3. The molecule has 320 valence electrons. The predicted octanol–water partition coefficient (Wildman–Crippen LogP) is 4.54. The first-order valence-corrected chi connectivity index (χ1v) is 21.3. The van der Waals surface area contributed by atoms with E-state index in [1.165, 1.54) is 32.2 Å². The summed E-state index contributed by atoms with van der Waals surface area (Å²) in [5.74, 6) is -3.47. The minimum atomic E-state index is -5.07. The van der Waals surface area contributed by atoms with Crippen molar-refractivity contribution in [2.75, 3.05) is 13.7 Å². The molecule has 19 heteroatoms. The molecule has 5 heterocycles. The Morgan fingerprint density at radius 2 is 1.83 bits per heavy atom. The summed E-state index contributed by atoms with van der Waals surface area (Å²) in [7, 11) is -2.51. The Hall–Kier alpha value is -4.65. The molecule has 6 atom stereocenters. The van der Waals surface area contributed by atoms with Gasteiger partial charge in [-0.2, -0.15) is 13.2 Å². The number of pyridine rings is 1. The molecule has 59 heavy (non-hydrogen) atoms. The fourth-order valence-electron chi connectivity index (χ4n) is 9.35. The van der Waals surface area contributed by atoms with E-state index < -0.39 is 110 Å². The van der Waals surface area contributed by atoms with Crippen LogP contribution in [0, 0.1) is 5.92 Å². The van der Waals surface area contributed by atoms with Crippen LogP contribution in [0.4, 0.5) is 18.0 Å². The maximum absolute atomic E-state index is 14.9. The molecule has 0 unspecified atom stereocenters. The van der Waals surface area contributed by atoms with Gasteiger partial charge in [-0.15, -0.1) is 0 Å². The Morgan fingerprint density at radius 1 is 1.10 bits per heavy atom. The fourth-order valence-corrected chi connectivity index (χ4v) is 11.4. The Labute approximate surface area is 339 Å². The highest BCUT2D eigenvalue weighted by Crippen LogP contribution is 2.65. The van der Waals surface area contributed by atoms with Crippen molar-refractivity contribution in [3.05, 3.63) is 41.6 Å². The molecule has 0 radical (unpaired) electrons. The van der Waals surface area contributed by atoms with Gasteiger partial charge in [0.25, 0.3) is 15.9 Å². The zero-order valence-corrected chi connectivity index (χ0v) is 34.2. The first-order chi connectivity index (χ1) is 27.5. The summed E-state index contributed by atoms with van der Waals surface area (Å²) < 4.78 is 88.6. The maximum Gasteiger partial charge on any atom is 0.437 e. The molecule has 0 bridgehead atoms. The molecule has 6 aliphatic rings. The third kappa shape index (κ3) is 6.94. The number of hydrogen-bond donors (Lipinski definition) is 3. The zero-order chi connectivity index (χ0) is 42.7. The van der Waals surface area contributed by atoms with Crippen molar-refractivity contribution in [3.63, 3.8) is 0 Å². The lowest BCUT2D eigenvalue weighted by atomic mass is 9.77. The van der Waals surface area contributed by atoms with Gasteiger partial charge >= 0.3 is 12.3 Å². The number of benzene rings is 1. The molecule has 2 aliphatic carbocycles. The van der Waals surface area contributed by atoms with Crippen molar-refractivity contribution in [1.29, 1.82) is 0 Å². The van der Waals surface area contributed by atoms with Gasteiger partial charge in [0.15, 0.2) is 16.3 Å². The second kappa shape index (κ2) is 13.4. The van der Waals surface area contributed by atoms with Crippen LogP contribution in [0.15, 0.2) is 30.4 Å². The van der Waals surface area contributed by atoms with E-state index in [0.717, 1.165) is 9.21 Å². The van der Waals surface area contributed by atoms with Crippen LogP contribution >= 0.6 is 0 Å². The average molecular weight is 848 g/mol. The molecular weight excluding hydrogens is 800 g/mol. The highest BCUT2D eigenvalue weighted by Gasteiger charge is 2.83. The van der Waals surface area contributed by atoms with E-state index in [-0.39, 0.29) is 54.3 Å². The maximum atomic E-state index is 14.9. The molecule has 1 aromatic heterocycles. The Morgan fingerprint density at radius 3 is 2.47 bits per heavy atom. The number of carbonyl (C=O) groups is 4. The molecule has 2 spiro atoms. The van der Waals surface area contributed by atoms with Crippen LogP contribution < -0.4 is 20.1 Å². The molecule has 4 aliphatic heterocycles. The van der Waals surface area contributed by atoms with Gasteiger partial charge in [0, 0.05) is 29.7 Å². The van der Waals surface area contributed by atoms with Gasteiger partial charge in [-0.05, 0) is 84.4 Å². The van der Waals surface area contributed by atoms with Crippen LogP contribution in [-0.4, -0.2) is 98.9 Å². The average Bonchev–Trinajstić information content (AvgIpc) is 4.07. The minimum Gasteiger partial charge on any atom is -0.497 e. The van der Waals surface area contributed by atoms with E-state index in [1.807, 2.05) is 6.08 Å². The van der Waals surface area contributed by atoms with Crippen LogP contribution in [0.25, 0.3) is 10.9 Å². The molecular formula is C40H48F3N5O10S. The largest absolute Gasteiger partial charge is 0.497 e. The Balaban J connectivity index is 1.21. The molecule has 1 aromatic carbocycles. The first-order valence-electron chi connectivity index (χ1n) is 19.9. The molecule has 2 saturated carbocycles. The smallest absolute Gasteiger partial charge is 0.437 e. The third-order valence-electron chi connectivity index (χ3n) is 12.3. The van der Waals surface area contributed by atoms with Crippen molar-refractivity contribution in [2.24, 2.45) is 5.92 Å². The van der Waals surface area contributed by atoms with Crippen LogP contribution in [0.5, 0.6) is 11.5 Å². The monoisotopic (exact) mass is 847 g/mol. The van der Waals surface area contributed by atoms with Gasteiger partial charge in [0.2, 0.25) is 11.8 Å². The van der Waals surface area contributed by atoms with Crippen LogP contribution in [-0.2, 0) is 40.9 Å². The van der Waals surface area contributed by atoms with Crippen molar-refractivity contribution in [3.8, 4) is 11.5 Å². The van der Waals surface area contributed by atoms with Gasteiger partial charge < -0.3 is 34.9 Å². The number of alkyl carbamates (subject to hydrolysis) is 1.